The van der Waals surface area contributed by atoms with Crippen LogP contribution in [0.3, 0.4) is 0 Å². The third-order valence-corrected chi connectivity index (χ3v) is 6.01. The van der Waals surface area contributed by atoms with E-state index in [0.29, 0.717) is 53.4 Å². The van der Waals surface area contributed by atoms with Crippen molar-refractivity contribution in [3.8, 4) is 11.3 Å². The molecule has 0 aliphatic carbocycles. The van der Waals surface area contributed by atoms with E-state index in [4.69, 9.17) is 16.1 Å². The van der Waals surface area contributed by atoms with Crippen molar-refractivity contribution in [3.05, 3.63) is 71.1 Å². The first kappa shape index (κ1) is 20.5. The number of amides is 1. The summed E-state index contributed by atoms with van der Waals surface area (Å²) in [5.74, 6) is 1.54. The van der Waals surface area contributed by atoms with Crippen LogP contribution in [0.15, 0.2) is 59.3 Å². The molecular weight excluding hydrogens is 426 g/mol. The van der Waals surface area contributed by atoms with Gasteiger partial charge in [-0.15, -0.1) is 0 Å². The monoisotopic (exact) mass is 447 g/mol. The Morgan fingerprint density at radius 2 is 2.06 bits per heavy atom. The van der Waals surface area contributed by atoms with Crippen molar-refractivity contribution in [1.82, 2.24) is 20.0 Å². The van der Waals surface area contributed by atoms with Crippen molar-refractivity contribution in [2.75, 3.05) is 25.0 Å². The van der Waals surface area contributed by atoms with Crippen molar-refractivity contribution in [2.24, 2.45) is 5.92 Å². The lowest BCUT2D eigenvalue weighted by molar-refractivity contribution is 0.0786. The molecule has 3 heterocycles. The SMILES string of the molecule is Cc1onc(-c2ccccc2)c1C(=O)N1CCC(CNc2cnc3cc(Cl)ccc3n2)C1. The Balaban J connectivity index is 1.25. The molecule has 162 valence electrons. The molecule has 1 aliphatic rings. The van der Waals surface area contributed by atoms with Crippen LogP contribution in [0.1, 0.15) is 22.5 Å². The van der Waals surface area contributed by atoms with E-state index in [2.05, 4.69) is 20.4 Å². The summed E-state index contributed by atoms with van der Waals surface area (Å²) in [6.07, 6.45) is 2.63. The number of anilines is 1. The van der Waals surface area contributed by atoms with Crippen molar-refractivity contribution < 1.29 is 9.32 Å². The van der Waals surface area contributed by atoms with Gasteiger partial charge < -0.3 is 14.7 Å². The Labute approximate surface area is 190 Å². The maximum atomic E-state index is 13.3. The van der Waals surface area contributed by atoms with Gasteiger partial charge in [0.25, 0.3) is 5.91 Å². The van der Waals surface area contributed by atoms with Crippen LogP contribution in [0, 0.1) is 12.8 Å². The zero-order valence-corrected chi connectivity index (χ0v) is 18.3. The molecule has 2 aromatic carbocycles. The van der Waals surface area contributed by atoms with E-state index >= 15 is 0 Å². The largest absolute Gasteiger partial charge is 0.368 e. The number of likely N-dealkylation sites (tertiary alicyclic amines) is 1. The highest BCUT2D eigenvalue weighted by Crippen LogP contribution is 2.28. The van der Waals surface area contributed by atoms with Gasteiger partial charge in [-0.2, -0.15) is 0 Å². The van der Waals surface area contributed by atoms with Gasteiger partial charge in [0, 0.05) is 30.2 Å². The van der Waals surface area contributed by atoms with E-state index < -0.39 is 0 Å². The predicted octanol–water partition coefficient (Wildman–Crippen LogP) is 4.82. The highest BCUT2D eigenvalue weighted by molar-refractivity contribution is 6.31. The van der Waals surface area contributed by atoms with Crippen LogP contribution in [0.25, 0.3) is 22.3 Å². The lowest BCUT2D eigenvalue weighted by Crippen LogP contribution is -2.30. The summed E-state index contributed by atoms with van der Waals surface area (Å²) in [6.45, 7) is 3.87. The number of halogens is 1. The van der Waals surface area contributed by atoms with Gasteiger partial charge in [-0.05, 0) is 37.5 Å². The quantitative estimate of drug-likeness (QED) is 0.472. The van der Waals surface area contributed by atoms with Gasteiger partial charge in [0.05, 0.1) is 17.2 Å². The lowest BCUT2D eigenvalue weighted by Gasteiger charge is -2.17. The van der Waals surface area contributed by atoms with Crippen molar-refractivity contribution in [3.63, 3.8) is 0 Å². The van der Waals surface area contributed by atoms with Crippen molar-refractivity contribution >= 4 is 34.4 Å². The number of aryl methyl sites for hydroxylation is 1. The van der Waals surface area contributed by atoms with Gasteiger partial charge >= 0.3 is 0 Å². The second-order valence-electron chi connectivity index (χ2n) is 8.00. The fourth-order valence-corrected chi connectivity index (χ4v) is 4.24. The molecule has 1 unspecified atom stereocenters. The van der Waals surface area contributed by atoms with Crippen LogP contribution in [0.5, 0.6) is 0 Å². The van der Waals surface area contributed by atoms with Crippen LogP contribution in [0.4, 0.5) is 5.82 Å². The normalized spacial score (nSPS) is 15.9. The molecule has 0 radical (unpaired) electrons. The Kier molecular flexibility index (Phi) is 5.49. The summed E-state index contributed by atoms with van der Waals surface area (Å²) in [7, 11) is 0. The minimum Gasteiger partial charge on any atom is -0.368 e. The van der Waals surface area contributed by atoms with Crippen LogP contribution >= 0.6 is 11.6 Å². The van der Waals surface area contributed by atoms with E-state index in [1.807, 2.05) is 41.3 Å². The zero-order valence-electron chi connectivity index (χ0n) is 17.6. The van der Waals surface area contributed by atoms with Crippen LogP contribution in [0.2, 0.25) is 5.02 Å². The average molecular weight is 448 g/mol. The third kappa shape index (κ3) is 4.03. The van der Waals surface area contributed by atoms with E-state index in [9.17, 15) is 4.79 Å². The van der Waals surface area contributed by atoms with Crippen LogP contribution in [-0.4, -0.2) is 45.6 Å². The molecule has 1 aliphatic heterocycles. The molecular formula is C24H22ClN5O2. The summed E-state index contributed by atoms with van der Waals surface area (Å²) in [5, 5.41) is 8.15. The average Bonchev–Trinajstić information content (AvgIpc) is 3.44. The zero-order chi connectivity index (χ0) is 22.1. The van der Waals surface area contributed by atoms with E-state index in [1.54, 1.807) is 25.3 Å². The molecule has 2 aromatic heterocycles. The Bertz CT molecular complexity index is 1270. The second-order valence-corrected chi connectivity index (χ2v) is 8.44. The molecule has 8 heteroatoms. The molecule has 1 fully saturated rings. The molecule has 4 aromatic rings. The van der Waals surface area contributed by atoms with E-state index in [1.165, 1.54) is 0 Å². The fourth-order valence-electron chi connectivity index (χ4n) is 4.08. The molecule has 1 amide bonds. The van der Waals surface area contributed by atoms with Crippen LogP contribution in [-0.2, 0) is 0 Å². The van der Waals surface area contributed by atoms with E-state index in [0.717, 1.165) is 23.0 Å². The first-order valence-corrected chi connectivity index (χ1v) is 10.9. The Morgan fingerprint density at radius 1 is 1.22 bits per heavy atom. The number of benzene rings is 2. The first-order chi connectivity index (χ1) is 15.6. The van der Waals surface area contributed by atoms with Gasteiger partial charge in [0.1, 0.15) is 22.8 Å². The highest BCUT2D eigenvalue weighted by atomic mass is 35.5. The Morgan fingerprint density at radius 3 is 2.91 bits per heavy atom. The number of nitrogens with one attached hydrogen (secondary N) is 1. The molecule has 1 atom stereocenters. The third-order valence-electron chi connectivity index (χ3n) is 5.77. The smallest absolute Gasteiger partial charge is 0.259 e. The summed E-state index contributed by atoms with van der Waals surface area (Å²) in [5.41, 5.74) is 3.57. The molecule has 7 nitrogen and oxygen atoms in total. The number of carbonyl (C=O) groups is 1. The number of rotatable bonds is 5. The van der Waals surface area contributed by atoms with Gasteiger partial charge in [-0.3, -0.25) is 9.78 Å². The number of aromatic nitrogens is 3. The summed E-state index contributed by atoms with van der Waals surface area (Å²) < 4.78 is 5.37. The summed E-state index contributed by atoms with van der Waals surface area (Å²) in [6, 6.07) is 15.1. The molecule has 0 spiro atoms. The molecule has 0 bridgehead atoms. The topological polar surface area (TPSA) is 84.2 Å². The number of hydrogen-bond donors (Lipinski definition) is 1. The van der Waals surface area contributed by atoms with Gasteiger partial charge in [-0.1, -0.05) is 47.1 Å². The number of nitrogens with zero attached hydrogens (tertiary/aromatic N) is 4. The highest BCUT2D eigenvalue weighted by Gasteiger charge is 2.31. The Hall–Kier alpha value is -3.45. The lowest BCUT2D eigenvalue weighted by atomic mass is 10.1. The van der Waals surface area contributed by atoms with Gasteiger partial charge in [-0.25, -0.2) is 4.98 Å². The molecule has 1 N–H and O–H groups in total. The molecule has 1 saturated heterocycles. The first-order valence-electron chi connectivity index (χ1n) is 10.6. The molecule has 32 heavy (non-hydrogen) atoms. The van der Waals surface area contributed by atoms with Gasteiger partial charge in [0.2, 0.25) is 0 Å². The number of hydrogen-bond acceptors (Lipinski definition) is 6. The summed E-state index contributed by atoms with van der Waals surface area (Å²) in [4.78, 5) is 24.2. The van der Waals surface area contributed by atoms with E-state index in [-0.39, 0.29) is 5.91 Å². The fraction of sp³-hybridized carbons (Fsp3) is 0.250. The molecule has 5 rings (SSSR count). The second kappa shape index (κ2) is 8.59. The van der Waals surface area contributed by atoms with Gasteiger partial charge in [0.15, 0.2) is 0 Å². The van der Waals surface area contributed by atoms with Crippen LogP contribution < -0.4 is 5.32 Å². The van der Waals surface area contributed by atoms with Crippen molar-refractivity contribution in [1.29, 1.82) is 0 Å². The standard InChI is InChI=1S/C24H22ClN5O2/c1-15-22(23(29-32-15)17-5-3-2-4-6-17)24(31)30-10-9-16(14-30)12-27-21-13-26-20-11-18(25)7-8-19(20)28-21/h2-8,11,13,16H,9-10,12,14H2,1H3,(H,27,28). The minimum absolute atomic E-state index is 0.0347. The number of fused-ring (bicyclic) bond motifs is 1. The maximum absolute atomic E-state index is 13.3. The summed E-state index contributed by atoms with van der Waals surface area (Å²) >= 11 is 6.01. The number of carbonyl (C=O) groups excluding carboxylic acids is 1. The maximum Gasteiger partial charge on any atom is 0.259 e. The van der Waals surface area contributed by atoms with Crippen molar-refractivity contribution in [2.45, 2.75) is 13.3 Å². The molecule has 0 saturated carbocycles. The minimum atomic E-state index is -0.0347. The predicted molar refractivity (Wildman–Crippen MR) is 124 cm³/mol.